The van der Waals surface area contributed by atoms with Crippen molar-refractivity contribution in [2.24, 2.45) is 0 Å². The summed E-state index contributed by atoms with van der Waals surface area (Å²) in [6.45, 7) is 4.94. The number of halogens is 1. The maximum atomic E-state index is 9.75. The fourth-order valence-corrected chi connectivity index (χ4v) is 2.86. The molecule has 1 aliphatic rings. The van der Waals surface area contributed by atoms with Gasteiger partial charge in [-0.05, 0) is 43.5 Å². The average Bonchev–Trinajstić information content (AvgIpc) is 2.47. The quantitative estimate of drug-likeness (QED) is 0.847. The van der Waals surface area contributed by atoms with Gasteiger partial charge in [0, 0.05) is 36.4 Å². The Morgan fingerprint density at radius 2 is 1.95 bits per heavy atom. The Labute approximate surface area is 126 Å². The highest BCUT2D eigenvalue weighted by Gasteiger charge is 2.19. The number of piperidine rings is 1. The van der Waals surface area contributed by atoms with Gasteiger partial charge in [0.15, 0.2) is 0 Å². The number of anilines is 1. The van der Waals surface area contributed by atoms with E-state index in [-0.39, 0.29) is 6.10 Å². The SMILES string of the molecule is CCCC(O)CNC1CCN(c2ccc(Cl)cc2)CC1. The summed E-state index contributed by atoms with van der Waals surface area (Å²) in [5.74, 6) is 0. The zero-order valence-electron chi connectivity index (χ0n) is 12.2. The summed E-state index contributed by atoms with van der Waals surface area (Å²) in [4.78, 5) is 2.40. The molecule has 0 aliphatic carbocycles. The van der Waals surface area contributed by atoms with E-state index in [0.29, 0.717) is 6.04 Å². The topological polar surface area (TPSA) is 35.5 Å². The normalized spacial score (nSPS) is 18.2. The molecule has 1 fully saturated rings. The highest BCUT2D eigenvalue weighted by atomic mass is 35.5. The standard InChI is InChI=1S/C16H25ClN2O/c1-2-3-16(20)12-18-14-8-10-19(11-9-14)15-6-4-13(17)5-7-15/h4-7,14,16,18,20H,2-3,8-12H2,1H3. The fourth-order valence-electron chi connectivity index (χ4n) is 2.73. The van der Waals surface area contributed by atoms with E-state index in [9.17, 15) is 5.11 Å². The van der Waals surface area contributed by atoms with Gasteiger partial charge in [-0.25, -0.2) is 0 Å². The first kappa shape index (κ1) is 15.6. The molecule has 0 saturated carbocycles. The first-order valence-corrected chi connectivity index (χ1v) is 7.98. The number of benzene rings is 1. The molecule has 1 saturated heterocycles. The lowest BCUT2D eigenvalue weighted by molar-refractivity contribution is 0.154. The van der Waals surface area contributed by atoms with Crippen LogP contribution in [0.1, 0.15) is 32.6 Å². The molecule has 0 bridgehead atoms. The first-order valence-electron chi connectivity index (χ1n) is 7.61. The van der Waals surface area contributed by atoms with Gasteiger partial charge in [-0.3, -0.25) is 0 Å². The van der Waals surface area contributed by atoms with Crippen molar-refractivity contribution < 1.29 is 5.11 Å². The molecule has 1 heterocycles. The van der Waals surface area contributed by atoms with Gasteiger partial charge in [-0.1, -0.05) is 24.9 Å². The minimum atomic E-state index is -0.200. The van der Waals surface area contributed by atoms with Gasteiger partial charge in [-0.15, -0.1) is 0 Å². The lowest BCUT2D eigenvalue weighted by Gasteiger charge is -2.34. The molecule has 3 nitrogen and oxygen atoms in total. The highest BCUT2D eigenvalue weighted by molar-refractivity contribution is 6.30. The zero-order chi connectivity index (χ0) is 14.4. The van der Waals surface area contributed by atoms with Crippen molar-refractivity contribution in [2.45, 2.75) is 44.8 Å². The van der Waals surface area contributed by atoms with Crippen LogP contribution in [0.5, 0.6) is 0 Å². The third kappa shape index (κ3) is 4.65. The number of hydrogen-bond acceptors (Lipinski definition) is 3. The Morgan fingerprint density at radius 3 is 2.55 bits per heavy atom. The van der Waals surface area contributed by atoms with Crippen LogP contribution in [0.25, 0.3) is 0 Å². The second kappa shape index (κ2) is 7.87. The minimum Gasteiger partial charge on any atom is -0.392 e. The third-order valence-corrected chi connectivity index (χ3v) is 4.20. The lowest BCUT2D eigenvalue weighted by Crippen LogP contribution is -2.44. The largest absolute Gasteiger partial charge is 0.392 e. The second-order valence-electron chi connectivity index (χ2n) is 5.59. The van der Waals surface area contributed by atoms with Gasteiger partial charge in [-0.2, -0.15) is 0 Å². The molecule has 1 aromatic carbocycles. The molecule has 1 aromatic rings. The van der Waals surface area contributed by atoms with Gasteiger partial charge in [0.2, 0.25) is 0 Å². The van der Waals surface area contributed by atoms with E-state index in [4.69, 9.17) is 11.6 Å². The van der Waals surface area contributed by atoms with E-state index in [1.807, 2.05) is 12.1 Å². The third-order valence-electron chi connectivity index (χ3n) is 3.95. The number of aliphatic hydroxyl groups excluding tert-OH is 1. The fraction of sp³-hybridized carbons (Fsp3) is 0.625. The molecular weight excluding hydrogens is 272 g/mol. The van der Waals surface area contributed by atoms with E-state index >= 15 is 0 Å². The second-order valence-corrected chi connectivity index (χ2v) is 6.02. The van der Waals surface area contributed by atoms with Crippen molar-refractivity contribution in [2.75, 3.05) is 24.5 Å². The molecule has 1 unspecified atom stereocenters. The summed E-state index contributed by atoms with van der Waals surface area (Å²) >= 11 is 5.92. The summed E-state index contributed by atoms with van der Waals surface area (Å²) in [5, 5.41) is 14.0. The minimum absolute atomic E-state index is 0.200. The zero-order valence-corrected chi connectivity index (χ0v) is 12.9. The summed E-state index contributed by atoms with van der Waals surface area (Å²) in [6.07, 6.45) is 3.98. The smallest absolute Gasteiger partial charge is 0.0664 e. The van der Waals surface area contributed by atoms with Crippen molar-refractivity contribution in [3.8, 4) is 0 Å². The molecular formula is C16H25ClN2O. The Morgan fingerprint density at radius 1 is 1.30 bits per heavy atom. The van der Waals surface area contributed by atoms with Crippen LogP contribution >= 0.6 is 11.6 Å². The predicted molar refractivity (Wildman–Crippen MR) is 85.6 cm³/mol. The molecule has 20 heavy (non-hydrogen) atoms. The molecule has 1 atom stereocenters. The first-order chi connectivity index (χ1) is 9.69. The molecule has 0 radical (unpaired) electrons. The highest BCUT2D eigenvalue weighted by Crippen LogP contribution is 2.22. The molecule has 4 heteroatoms. The number of nitrogens with one attached hydrogen (secondary N) is 1. The number of nitrogens with zero attached hydrogens (tertiary/aromatic N) is 1. The molecule has 2 N–H and O–H groups in total. The van der Waals surface area contributed by atoms with E-state index in [1.165, 1.54) is 5.69 Å². The summed E-state index contributed by atoms with van der Waals surface area (Å²) in [7, 11) is 0. The van der Waals surface area contributed by atoms with Crippen LogP contribution < -0.4 is 10.2 Å². The van der Waals surface area contributed by atoms with Crippen LogP contribution in [0.3, 0.4) is 0 Å². The van der Waals surface area contributed by atoms with Crippen LogP contribution in [0, 0.1) is 0 Å². The molecule has 0 spiro atoms. The van der Waals surface area contributed by atoms with E-state index in [0.717, 1.165) is 50.3 Å². The molecule has 112 valence electrons. The Balaban J connectivity index is 1.73. The van der Waals surface area contributed by atoms with Gasteiger partial charge >= 0.3 is 0 Å². The summed E-state index contributed by atoms with van der Waals surface area (Å²) in [6, 6.07) is 8.59. The van der Waals surface area contributed by atoms with Crippen molar-refractivity contribution in [1.29, 1.82) is 0 Å². The van der Waals surface area contributed by atoms with Crippen LogP contribution in [-0.4, -0.2) is 36.9 Å². The maximum absolute atomic E-state index is 9.75. The molecule has 1 aliphatic heterocycles. The average molecular weight is 297 g/mol. The van der Waals surface area contributed by atoms with Crippen LogP contribution in [0.4, 0.5) is 5.69 Å². The Kier molecular flexibility index (Phi) is 6.14. The van der Waals surface area contributed by atoms with Crippen LogP contribution in [0.15, 0.2) is 24.3 Å². The van der Waals surface area contributed by atoms with Crippen molar-refractivity contribution >= 4 is 17.3 Å². The molecule has 0 aromatic heterocycles. The van der Waals surface area contributed by atoms with Crippen LogP contribution in [0.2, 0.25) is 5.02 Å². The predicted octanol–water partition coefficient (Wildman–Crippen LogP) is 3.06. The van der Waals surface area contributed by atoms with Crippen LogP contribution in [-0.2, 0) is 0 Å². The van der Waals surface area contributed by atoms with E-state index in [2.05, 4.69) is 29.3 Å². The van der Waals surface area contributed by atoms with Crippen molar-refractivity contribution in [3.05, 3.63) is 29.3 Å². The Hall–Kier alpha value is -0.770. The van der Waals surface area contributed by atoms with Gasteiger partial charge in [0.25, 0.3) is 0 Å². The van der Waals surface area contributed by atoms with Gasteiger partial charge in [0.05, 0.1) is 6.10 Å². The maximum Gasteiger partial charge on any atom is 0.0664 e. The number of rotatable bonds is 6. The Bertz CT molecular complexity index is 388. The molecule has 0 amide bonds. The van der Waals surface area contributed by atoms with Gasteiger partial charge < -0.3 is 15.3 Å². The van der Waals surface area contributed by atoms with Gasteiger partial charge in [0.1, 0.15) is 0 Å². The number of aliphatic hydroxyl groups is 1. The van der Waals surface area contributed by atoms with Crippen molar-refractivity contribution in [1.82, 2.24) is 5.32 Å². The summed E-state index contributed by atoms with van der Waals surface area (Å²) in [5.41, 5.74) is 1.25. The monoisotopic (exact) mass is 296 g/mol. The summed E-state index contributed by atoms with van der Waals surface area (Å²) < 4.78 is 0. The van der Waals surface area contributed by atoms with Crippen molar-refractivity contribution in [3.63, 3.8) is 0 Å². The lowest BCUT2D eigenvalue weighted by atomic mass is 10.0. The number of hydrogen-bond donors (Lipinski definition) is 2. The van der Waals surface area contributed by atoms with E-state index in [1.54, 1.807) is 0 Å². The van der Waals surface area contributed by atoms with E-state index < -0.39 is 0 Å². The molecule has 2 rings (SSSR count).